The molecule has 0 heterocycles. The molecule has 0 aromatic heterocycles. The van der Waals surface area contributed by atoms with Crippen molar-refractivity contribution >= 4 is 5.91 Å². The second kappa shape index (κ2) is 8.06. The minimum absolute atomic E-state index is 0.00137. The third-order valence-electron chi connectivity index (χ3n) is 4.17. The molecule has 3 nitrogen and oxygen atoms in total. The number of benzene rings is 1. The van der Waals surface area contributed by atoms with Crippen LogP contribution in [0, 0.1) is 13.8 Å². The van der Waals surface area contributed by atoms with E-state index in [1.54, 1.807) is 0 Å². The van der Waals surface area contributed by atoms with Crippen molar-refractivity contribution in [1.29, 1.82) is 0 Å². The van der Waals surface area contributed by atoms with Gasteiger partial charge < -0.3 is 10.1 Å². The third-order valence-corrected chi connectivity index (χ3v) is 4.17. The lowest BCUT2D eigenvalue weighted by molar-refractivity contribution is -0.123. The first-order valence-corrected chi connectivity index (χ1v) is 8.14. The van der Waals surface area contributed by atoms with E-state index in [0.717, 1.165) is 29.7 Å². The maximum atomic E-state index is 12.0. The van der Waals surface area contributed by atoms with Gasteiger partial charge in [-0.3, -0.25) is 4.79 Å². The van der Waals surface area contributed by atoms with Gasteiger partial charge in [0.2, 0.25) is 0 Å². The van der Waals surface area contributed by atoms with Gasteiger partial charge in [-0.05, 0) is 43.9 Å². The molecule has 0 saturated heterocycles. The minimum atomic E-state index is 0.00137. The molecule has 1 N–H and O–H groups in total. The van der Waals surface area contributed by atoms with Crippen LogP contribution in [0.15, 0.2) is 18.2 Å². The number of ether oxygens (including phenoxy) is 1. The van der Waals surface area contributed by atoms with Gasteiger partial charge in [-0.25, -0.2) is 0 Å². The van der Waals surface area contributed by atoms with Crippen LogP contribution in [0.25, 0.3) is 0 Å². The Kier molecular flexibility index (Phi) is 6.09. The number of amides is 1. The Balaban J connectivity index is 1.79. The van der Waals surface area contributed by atoms with E-state index in [9.17, 15) is 4.79 Å². The van der Waals surface area contributed by atoms with Gasteiger partial charge in [0.25, 0.3) is 5.91 Å². The Hall–Kier alpha value is -1.51. The van der Waals surface area contributed by atoms with Gasteiger partial charge in [0, 0.05) is 6.04 Å². The molecule has 0 radical (unpaired) electrons. The molecule has 1 aliphatic rings. The Labute approximate surface area is 128 Å². The average molecular weight is 289 g/mol. The normalized spacial score (nSPS) is 16.9. The van der Waals surface area contributed by atoms with Crippen LogP contribution in [0.1, 0.15) is 56.1 Å². The van der Waals surface area contributed by atoms with Crippen molar-refractivity contribution in [3.05, 3.63) is 29.3 Å². The van der Waals surface area contributed by atoms with Crippen LogP contribution < -0.4 is 10.1 Å². The predicted octanol–water partition coefficient (Wildman–Crippen LogP) is 3.91. The Morgan fingerprint density at radius 3 is 2.52 bits per heavy atom. The number of nitrogens with one attached hydrogen (secondary N) is 1. The zero-order valence-corrected chi connectivity index (χ0v) is 13.3. The molecule has 116 valence electrons. The molecular formula is C18H27NO2. The first-order valence-electron chi connectivity index (χ1n) is 8.14. The zero-order chi connectivity index (χ0) is 15.1. The molecule has 21 heavy (non-hydrogen) atoms. The predicted molar refractivity (Wildman–Crippen MR) is 85.7 cm³/mol. The molecule has 0 aliphatic heterocycles. The minimum Gasteiger partial charge on any atom is -0.483 e. The molecular weight excluding hydrogens is 262 g/mol. The van der Waals surface area contributed by atoms with Crippen molar-refractivity contribution in [2.45, 2.75) is 64.8 Å². The quantitative estimate of drug-likeness (QED) is 0.912. The van der Waals surface area contributed by atoms with Crippen LogP contribution in [-0.2, 0) is 4.79 Å². The lowest BCUT2D eigenvalue weighted by atomic mass is 9.97. The molecule has 1 aromatic carbocycles. The molecule has 0 spiro atoms. The summed E-state index contributed by atoms with van der Waals surface area (Å²) >= 11 is 0. The standard InChI is InChI=1S/C18H27NO2/c1-14-10-11-15(2)17(12-14)21-13-18(20)19-16-8-6-4-3-5-7-9-16/h10-12,16H,3-9,13H2,1-2H3,(H,19,20). The van der Waals surface area contributed by atoms with E-state index < -0.39 is 0 Å². The van der Waals surface area contributed by atoms with Crippen LogP contribution in [0.3, 0.4) is 0 Å². The smallest absolute Gasteiger partial charge is 0.258 e. The SMILES string of the molecule is Cc1ccc(C)c(OCC(=O)NC2CCCCCCC2)c1. The number of hydrogen-bond donors (Lipinski definition) is 1. The summed E-state index contributed by atoms with van der Waals surface area (Å²) in [6.45, 7) is 4.14. The summed E-state index contributed by atoms with van der Waals surface area (Å²) in [5.41, 5.74) is 2.22. The first-order chi connectivity index (χ1) is 10.1. The number of aryl methyl sites for hydroxylation is 2. The molecule has 1 fully saturated rings. The topological polar surface area (TPSA) is 38.3 Å². The van der Waals surface area contributed by atoms with Crippen molar-refractivity contribution in [2.24, 2.45) is 0 Å². The Bertz CT molecular complexity index is 462. The fraction of sp³-hybridized carbons (Fsp3) is 0.611. The highest BCUT2D eigenvalue weighted by Crippen LogP contribution is 2.19. The molecule has 0 atom stereocenters. The largest absolute Gasteiger partial charge is 0.483 e. The van der Waals surface area contributed by atoms with Gasteiger partial charge in [0.15, 0.2) is 6.61 Å². The molecule has 1 amide bonds. The van der Waals surface area contributed by atoms with Crippen molar-refractivity contribution in [3.63, 3.8) is 0 Å². The van der Waals surface area contributed by atoms with Gasteiger partial charge in [-0.1, -0.05) is 44.2 Å². The van der Waals surface area contributed by atoms with Crippen LogP contribution >= 0.6 is 0 Å². The second-order valence-corrected chi connectivity index (χ2v) is 6.17. The van der Waals surface area contributed by atoms with Gasteiger partial charge in [0.05, 0.1) is 0 Å². The van der Waals surface area contributed by atoms with E-state index in [-0.39, 0.29) is 12.5 Å². The summed E-state index contributed by atoms with van der Waals surface area (Å²) in [4.78, 5) is 12.0. The number of rotatable bonds is 4. The van der Waals surface area contributed by atoms with Crippen LogP contribution in [0.4, 0.5) is 0 Å². The van der Waals surface area contributed by atoms with Crippen molar-refractivity contribution in [1.82, 2.24) is 5.32 Å². The maximum Gasteiger partial charge on any atom is 0.258 e. The molecule has 0 unspecified atom stereocenters. The number of carbonyl (C=O) groups excluding carboxylic acids is 1. The number of hydrogen-bond acceptors (Lipinski definition) is 2. The molecule has 1 aromatic rings. The Morgan fingerprint density at radius 1 is 1.14 bits per heavy atom. The van der Waals surface area contributed by atoms with Gasteiger partial charge in [0.1, 0.15) is 5.75 Å². The van der Waals surface area contributed by atoms with E-state index in [1.807, 2.05) is 26.0 Å². The lowest BCUT2D eigenvalue weighted by Crippen LogP contribution is -2.38. The van der Waals surface area contributed by atoms with Crippen LogP contribution in [0.2, 0.25) is 0 Å². The lowest BCUT2D eigenvalue weighted by Gasteiger charge is -2.21. The summed E-state index contributed by atoms with van der Waals surface area (Å²) < 4.78 is 5.66. The van der Waals surface area contributed by atoms with E-state index in [0.29, 0.717) is 6.04 Å². The summed E-state index contributed by atoms with van der Waals surface area (Å²) in [7, 11) is 0. The monoisotopic (exact) mass is 289 g/mol. The number of carbonyl (C=O) groups is 1. The summed E-state index contributed by atoms with van der Waals surface area (Å²) in [6.07, 6.45) is 8.60. The van der Waals surface area contributed by atoms with E-state index >= 15 is 0 Å². The van der Waals surface area contributed by atoms with Gasteiger partial charge >= 0.3 is 0 Å². The summed E-state index contributed by atoms with van der Waals surface area (Å²) in [5, 5.41) is 3.13. The zero-order valence-electron chi connectivity index (χ0n) is 13.3. The third kappa shape index (κ3) is 5.41. The first kappa shape index (κ1) is 15.9. The molecule has 0 bridgehead atoms. The van der Waals surface area contributed by atoms with E-state index in [1.165, 1.54) is 32.1 Å². The average Bonchev–Trinajstić information content (AvgIpc) is 2.43. The van der Waals surface area contributed by atoms with Crippen molar-refractivity contribution in [2.75, 3.05) is 6.61 Å². The van der Waals surface area contributed by atoms with Crippen LogP contribution in [-0.4, -0.2) is 18.6 Å². The van der Waals surface area contributed by atoms with Crippen LogP contribution in [0.5, 0.6) is 5.75 Å². The molecule has 1 aliphatic carbocycles. The summed E-state index contributed by atoms with van der Waals surface area (Å²) in [5.74, 6) is 0.810. The maximum absolute atomic E-state index is 12.0. The van der Waals surface area contributed by atoms with Crippen molar-refractivity contribution in [3.8, 4) is 5.75 Å². The van der Waals surface area contributed by atoms with Gasteiger partial charge in [-0.2, -0.15) is 0 Å². The molecule has 2 rings (SSSR count). The van der Waals surface area contributed by atoms with E-state index in [2.05, 4.69) is 11.4 Å². The molecule has 1 saturated carbocycles. The second-order valence-electron chi connectivity index (χ2n) is 6.17. The van der Waals surface area contributed by atoms with Gasteiger partial charge in [-0.15, -0.1) is 0 Å². The highest BCUT2D eigenvalue weighted by molar-refractivity contribution is 5.77. The van der Waals surface area contributed by atoms with E-state index in [4.69, 9.17) is 4.74 Å². The fourth-order valence-corrected chi connectivity index (χ4v) is 2.88. The fourth-order valence-electron chi connectivity index (χ4n) is 2.88. The van der Waals surface area contributed by atoms with Crippen molar-refractivity contribution < 1.29 is 9.53 Å². The molecule has 3 heteroatoms. The highest BCUT2D eigenvalue weighted by Gasteiger charge is 2.14. The summed E-state index contributed by atoms with van der Waals surface area (Å²) in [6, 6.07) is 6.40. The highest BCUT2D eigenvalue weighted by atomic mass is 16.5. The Morgan fingerprint density at radius 2 is 1.81 bits per heavy atom.